The molecule has 1 aromatic rings. The van der Waals surface area contributed by atoms with Gasteiger partial charge in [0, 0.05) is 6.04 Å². The molecule has 2 rings (SSSR count). The highest BCUT2D eigenvalue weighted by atomic mass is 16.3. The maximum atomic E-state index is 9.29. The molecule has 20 heavy (non-hydrogen) atoms. The van der Waals surface area contributed by atoms with Gasteiger partial charge < -0.3 is 15.3 Å². The summed E-state index contributed by atoms with van der Waals surface area (Å²) in [6.45, 7) is 9.34. The molecule has 1 aliphatic heterocycles. The van der Waals surface area contributed by atoms with Gasteiger partial charge >= 0.3 is 0 Å². The number of nitrogens with one attached hydrogen (secondary N) is 1. The lowest BCUT2D eigenvalue weighted by Crippen LogP contribution is -2.39. The molecule has 1 atom stereocenters. The van der Waals surface area contributed by atoms with Crippen molar-refractivity contribution in [3.05, 3.63) is 29.8 Å². The molecule has 1 aliphatic rings. The first-order valence-electron chi connectivity index (χ1n) is 7.91. The zero-order chi connectivity index (χ0) is 14.4. The van der Waals surface area contributed by atoms with Gasteiger partial charge in [0.2, 0.25) is 0 Å². The molecule has 0 amide bonds. The number of piperidine rings is 1. The fraction of sp³-hybridized carbons (Fsp3) is 0.647. The van der Waals surface area contributed by atoms with Crippen LogP contribution in [0.15, 0.2) is 24.3 Å². The van der Waals surface area contributed by atoms with Crippen molar-refractivity contribution >= 4 is 0 Å². The fourth-order valence-corrected chi connectivity index (χ4v) is 2.93. The molecule has 1 fully saturated rings. The summed E-state index contributed by atoms with van der Waals surface area (Å²) in [6.07, 6.45) is 3.67. The largest absolute Gasteiger partial charge is 0.508 e. The van der Waals surface area contributed by atoms with Crippen LogP contribution < -0.4 is 5.32 Å². The zero-order valence-corrected chi connectivity index (χ0v) is 12.8. The molecule has 1 heterocycles. The SMILES string of the molecule is CCN1CCC(CNC(C)Cc2ccc(O)cc2)CC1. The zero-order valence-electron chi connectivity index (χ0n) is 12.8. The number of nitrogens with zero attached hydrogens (tertiary/aromatic N) is 1. The number of benzene rings is 1. The summed E-state index contributed by atoms with van der Waals surface area (Å²) in [6, 6.07) is 8.04. The van der Waals surface area contributed by atoms with Gasteiger partial charge in [-0.3, -0.25) is 0 Å². The van der Waals surface area contributed by atoms with Gasteiger partial charge in [0.15, 0.2) is 0 Å². The van der Waals surface area contributed by atoms with Crippen LogP contribution in [-0.4, -0.2) is 42.2 Å². The molecule has 2 N–H and O–H groups in total. The number of rotatable bonds is 6. The van der Waals surface area contributed by atoms with Crippen LogP contribution in [0.3, 0.4) is 0 Å². The van der Waals surface area contributed by atoms with E-state index in [1.165, 1.54) is 38.0 Å². The van der Waals surface area contributed by atoms with E-state index in [0.717, 1.165) is 18.9 Å². The predicted molar refractivity (Wildman–Crippen MR) is 84.1 cm³/mol. The van der Waals surface area contributed by atoms with Crippen LogP contribution in [0.5, 0.6) is 5.75 Å². The van der Waals surface area contributed by atoms with E-state index in [0.29, 0.717) is 11.8 Å². The minimum absolute atomic E-state index is 0.344. The normalized spacial score (nSPS) is 19.1. The number of aromatic hydroxyl groups is 1. The van der Waals surface area contributed by atoms with Crippen molar-refractivity contribution in [3.63, 3.8) is 0 Å². The van der Waals surface area contributed by atoms with Crippen LogP contribution in [0, 0.1) is 5.92 Å². The first kappa shape index (κ1) is 15.3. The van der Waals surface area contributed by atoms with Crippen molar-refractivity contribution < 1.29 is 5.11 Å². The molecule has 0 spiro atoms. The lowest BCUT2D eigenvalue weighted by atomic mass is 9.96. The average Bonchev–Trinajstić information content (AvgIpc) is 2.48. The Bertz CT molecular complexity index is 382. The third-order valence-electron chi connectivity index (χ3n) is 4.39. The van der Waals surface area contributed by atoms with Gasteiger partial charge in [-0.05, 0) is 76.0 Å². The Morgan fingerprint density at radius 2 is 1.90 bits per heavy atom. The Balaban J connectivity index is 1.67. The highest BCUT2D eigenvalue weighted by Gasteiger charge is 2.18. The molecule has 1 saturated heterocycles. The highest BCUT2D eigenvalue weighted by molar-refractivity contribution is 5.26. The molecule has 0 aromatic heterocycles. The predicted octanol–water partition coefficient (Wildman–Crippen LogP) is 2.64. The number of phenols is 1. The molecule has 0 bridgehead atoms. The minimum Gasteiger partial charge on any atom is -0.508 e. The molecular weight excluding hydrogens is 248 g/mol. The lowest BCUT2D eigenvalue weighted by molar-refractivity contribution is 0.188. The molecule has 3 nitrogen and oxygen atoms in total. The van der Waals surface area contributed by atoms with Gasteiger partial charge in [-0.25, -0.2) is 0 Å². The molecule has 1 aromatic carbocycles. The van der Waals surface area contributed by atoms with Gasteiger partial charge in [-0.2, -0.15) is 0 Å². The Labute approximate surface area is 123 Å². The van der Waals surface area contributed by atoms with Crippen LogP contribution in [0.1, 0.15) is 32.3 Å². The number of likely N-dealkylation sites (tertiary alicyclic amines) is 1. The summed E-state index contributed by atoms with van der Waals surface area (Å²) in [5.41, 5.74) is 1.28. The highest BCUT2D eigenvalue weighted by Crippen LogP contribution is 2.16. The van der Waals surface area contributed by atoms with Crippen LogP contribution in [-0.2, 0) is 6.42 Å². The smallest absolute Gasteiger partial charge is 0.115 e. The van der Waals surface area contributed by atoms with Crippen molar-refractivity contribution in [2.45, 2.75) is 39.2 Å². The molecule has 0 aliphatic carbocycles. The van der Waals surface area contributed by atoms with Crippen LogP contribution in [0.4, 0.5) is 0 Å². The number of phenolic OH excluding ortho intramolecular Hbond substituents is 1. The maximum Gasteiger partial charge on any atom is 0.115 e. The van der Waals surface area contributed by atoms with E-state index in [2.05, 4.69) is 24.1 Å². The summed E-state index contributed by atoms with van der Waals surface area (Å²) in [4.78, 5) is 2.54. The topological polar surface area (TPSA) is 35.5 Å². The minimum atomic E-state index is 0.344. The molecule has 0 radical (unpaired) electrons. The third kappa shape index (κ3) is 4.80. The number of hydrogen-bond acceptors (Lipinski definition) is 3. The summed E-state index contributed by atoms with van der Waals surface area (Å²) < 4.78 is 0. The second-order valence-corrected chi connectivity index (χ2v) is 6.06. The standard InChI is InChI=1S/C17H28N2O/c1-3-19-10-8-16(9-11-19)13-18-14(2)12-15-4-6-17(20)7-5-15/h4-7,14,16,18,20H,3,8-13H2,1-2H3. The van der Waals surface area contributed by atoms with Crippen LogP contribution in [0.2, 0.25) is 0 Å². The molecule has 3 heteroatoms. The van der Waals surface area contributed by atoms with E-state index < -0.39 is 0 Å². The van der Waals surface area contributed by atoms with E-state index in [4.69, 9.17) is 0 Å². The second kappa shape index (κ2) is 7.65. The van der Waals surface area contributed by atoms with Crippen molar-refractivity contribution in [2.24, 2.45) is 5.92 Å². The monoisotopic (exact) mass is 276 g/mol. The van der Waals surface area contributed by atoms with Crippen molar-refractivity contribution in [3.8, 4) is 5.75 Å². The summed E-state index contributed by atoms with van der Waals surface area (Å²) in [5, 5.41) is 13.0. The van der Waals surface area contributed by atoms with Gasteiger partial charge in [0.25, 0.3) is 0 Å². The molecule has 112 valence electrons. The third-order valence-corrected chi connectivity index (χ3v) is 4.39. The van der Waals surface area contributed by atoms with Crippen LogP contribution >= 0.6 is 0 Å². The van der Waals surface area contributed by atoms with E-state index in [-0.39, 0.29) is 0 Å². The van der Waals surface area contributed by atoms with Gasteiger partial charge in [0.05, 0.1) is 0 Å². The van der Waals surface area contributed by atoms with E-state index in [1.807, 2.05) is 12.1 Å². The Kier molecular flexibility index (Phi) is 5.86. The maximum absolute atomic E-state index is 9.29. The molecule has 0 saturated carbocycles. The first-order chi connectivity index (χ1) is 9.67. The molecular formula is C17H28N2O. The van der Waals surface area contributed by atoms with Gasteiger partial charge in [-0.15, -0.1) is 0 Å². The summed E-state index contributed by atoms with van der Waals surface area (Å²) in [5.74, 6) is 1.18. The average molecular weight is 276 g/mol. The fourth-order valence-electron chi connectivity index (χ4n) is 2.93. The van der Waals surface area contributed by atoms with E-state index >= 15 is 0 Å². The van der Waals surface area contributed by atoms with Gasteiger partial charge in [0.1, 0.15) is 5.75 Å². The lowest BCUT2D eigenvalue weighted by Gasteiger charge is -2.31. The summed E-state index contributed by atoms with van der Waals surface area (Å²) in [7, 11) is 0. The number of hydrogen-bond donors (Lipinski definition) is 2. The van der Waals surface area contributed by atoms with Crippen molar-refractivity contribution in [2.75, 3.05) is 26.2 Å². The second-order valence-electron chi connectivity index (χ2n) is 6.06. The quantitative estimate of drug-likeness (QED) is 0.838. The van der Waals surface area contributed by atoms with E-state index in [1.54, 1.807) is 12.1 Å². The molecule has 1 unspecified atom stereocenters. The van der Waals surface area contributed by atoms with E-state index in [9.17, 15) is 5.11 Å². The Morgan fingerprint density at radius 1 is 1.25 bits per heavy atom. The summed E-state index contributed by atoms with van der Waals surface area (Å²) >= 11 is 0. The van der Waals surface area contributed by atoms with Crippen molar-refractivity contribution in [1.29, 1.82) is 0 Å². The Hall–Kier alpha value is -1.06. The Morgan fingerprint density at radius 3 is 2.50 bits per heavy atom. The van der Waals surface area contributed by atoms with Crippen molar-refractivity contribution in [1.82, 2.24) is 10.2 Å². The van der Waals surface area contributed by atoms with Crippen LogP contribution in [0.25, 0.3) is 0 Å². The van der Waals surface area contributed by atoms with Gasteiger partial charge in [-0.1, -0.05) is 19.1 Å². The first-order valence-corrected chi connectivity index (χ1v) is 7.91.